The highest BCUT2D eigenvalue weighted by molar-refractivity contribution is 4.83. The Labute approximate surface area is 87.2 Å². The van der Waals surface area contributed by atoms with Gasteiger partial charge in [0, 0.05) is 7.11 Å². The molecular weight excluding hydrogens is 178 g/mol. The van der Waals surface area contributed by atoms with E-state index in [1.54, 1.807) is 7.11 Å². The number of ether oxygens (including phenoxy) is 2. The molecule has 1 rings (SSSR count). The molecule has 0 aromatic carbocycles. The van der Waals surface area contributed by atoms with E-state index in [0.29, 0.717) is 6.61 Å². The molecule has 1 saturated heterocycles. The van der Waals surface area contributed by atoms with Gasteiger partial charge >= 0.3 is 0 Å². The Morgan fingerprint density at radius 3 is 2.36 bits per heavy atom. The van der Waals surface area contributed by atoms with Gasteiger partial charge in [-0.15, -0.1) is 0 Å². The molecule has 0 spiro atoms. The Bertz CT molecular complexity index is 174. The lowest BCUT2D eigenvalue weighted by Gasteiger charge is -2.36. The van der Waals surface area contributed by atoms with Crippen LogP contribution in [0.1, 0.15) is 33.6 Å². The number of nitrogens with one attached hydrogen (secondary N) is 1. The first-order chi connectivity index (χ1) is 6.47. The monoisotopic (exact) mass is 201 g/mol. The van der Waals surface area contributed by atoms with Crippen molar-refractivity contribution in [2.45, 2.75) is 44.8 Å². The zero-order chi connectivity index (χ0) is 10.7. The van der Waals surface area contributed by atoms with Gasteiger partial charge in [0.15, 0.2) is 0 Å². The minimum Gasteiger partial charge on any atom is -0.376 e. The fraction of sp³-hybridized carbons (Fsp3) is 1.00. The standard InChI is InChI=1S/C11H23NO2/c1-10(2,13-4)9-14-11(3)5-7-12-8-6-11/h12H,5-9H2,1-4H3. The lowest BCUT2D eigenvalue weighted by Crippen LogP contribution is -2.44. The van der Waals surface area contributed by atoms with Crippen molar-refractivity contribution < 1.29 is 9.47 Å². The molecule has 0 aromatic rings. The average molecular weight is 201 g/mol. The molecular formula is C11H23NO2. The molecule has 3 heteroatoms. The average Bonchev–Trinajstić information content (AvgIpc) is 2.17. The maximum atomic E-state index is 5.96. The second kappa shape index (κ2) is 4.60. The number of piperidine rings is 1. The summed E-state index contributed by atoms with van der Waals surface area (Å²) in [5.41, 5.74) is -0.130. The van der Waals surface area contributed by atoms with Crippen LogP contribution in [0.15, 0.2) is 0 Å². The van der Waals surface area contributed by atoms with Gasteiger partial charge in [-0.2, -0.15) is 0 Å². The van der Waals surface area contributed by atoms with Crippen molar-refractivity contribution >= 4 is 0 Å². The van der Waals surface area contributed by atoms with E-state index in [-0.39, 0.29) is 11.2 Å². The highest BCUT2D eigenvalue weighted by Gasteiger charge is 2.30. The summed E-state index contributed by atoms with van der Waals surface area (Å²) in [6.07, 6.45) is 2.18. The van der Waals surface area contributed by atoms with Gasteiger partial charge < -0.3 is 14.8 Å². The molecule has 1 aliphatic heterocycles. The van der Waals surface area contributed by atoms with Gasteiger partial charge in [-0.25, -0.2) is 0 Å². The highest BCUT2D eigenvalue weighted by atomic mass is 16.5. The number of rotatable bonds is 4. The summed E-state index contributed by atoms with van der Waals surface area (Å²) in [5, 5.41) is 3.34. The summed E-state index contributed by atoms with van der Waals surface area (Å²) in [6.45, 7) is 9.09. The molecule has 14 heavy (non-hydrogen) atoms. The SMILES string of the molecule is COC(C)(C)COC1(C)CCNCC1. The maximum absolute atomic E-state index is 5.96. The summed E-state index contributed by atoms with van der Waals surface area (Å²) < 4.78 is 11.3. The van der Waals surface area contributed by atoms with Crippen molar-refractivity contribution in [3.05, 3.63) is 0 Å². The van der Waals surface area contributed by atoms with E-state index in [1.165, 1.54) is 0 Å². The second-order valence-electron chi connectivity index (χ2n) is 4.95. The Morgan fingerprint density at radius 2 is 1.86 bits per heavy atom. The summed E-state index contributed by atoms with van der Waals surface area (Å²) >= 11 is 0. The van der Waals surface area contributed by atoms with Crippen molar-refractivity contribution in [2.75, 3.05) is 26.8 Å². The minimum atomic E-state index is -0.173. The minimum absolute atomic E-state index is 0.0427. The van der Waals surface area contributed by atoms with Gasteiger partial charge in [0.2, 0.25) is 0 Å². The van der Waals surface area contributed by atoms with Crippen LogP contribution in [0.25, 0.3) is 0 Å². The smallest absolute Gasteiger partial charge is 0.0855 e. The van der Waals surface area contributed by atoms with E-state index < -0.39 is 0 Å². The van der Waals surface area contributed by atoms with Gasteiger partial charge in [-0.3, -0.25) is 0 Å². The summed E-state index contributed by atoms with van der Waals surface area (Å²) in [7, 11) is 1.73. The van der Waals surface area contributed by atoms with Crippen molar-refractivity contribution in [1.29, 1.82) is 0 Å². The maximum Gasteiger partial charge on any atom is 0.0855 e. The van der Waals surface area contributed by atoms with Crippen molar-refractivity contribution in [3.63, 3.8) is 0 Å². The number of hydrogen-bond acceptors (Lipinski definition) is 3. The molecule has 0 aliphatic carbocycles. The summed E-state index contributed by atoms with van der Waals surface area (Å²) in [4.78, 5) is 0. The first kappa shape index (κ1) is 12.0. The van der Waals surface area contributed by atoms with Crippen LogP contribution < -0.4 is 5.32 Å². The van der Waals surface area contributed by atoms with Crippen LogP contribution in [0, 0.1) is 0 Å². The van der Waals surface area contributed by atoms with E-state index in [4.69, 9.17) is 9.47 Å². The van der Waals surface area contributed by atoms with Crippen LogP contribution >= 0.6 is 0 Å². The largest absolute Gasteiger partial charge is 0.376 e. The first-order valence-corrected chi connectivity index (χ1v) is 5.37. The van der Waals surface area contributed by atoms with E-state index in [1.807, 2.05) is 0 Å². The van der Waals surface area contributed by atoms with Gasteiger partial charge in [-0.05, 0) is 46.7 Å². The van der Waals surface area contributed by atoms with E-state index in [9.17, 15) is 0 Å². The molecule has 1 heterocycles. The Morgan fingerprint density at radius 1 is 1.29 bits per heavy atom. The molecule has 0 atom stereocenters. The number of methoxy groups -OCH3 is 1. The Hall–Kier alpha value is -0.120. The Balaban J connectivity index is 2.35. The first-order valence-electron chi connectivity index (χ1n) is 5.37. The fourth-order valence-corrected chi connectivity index (χ4v) is 1.51. The molecule has 1 aliphatic rings. The molecule has 3 nitrogen and oxygen atoms in total. The van der Waals surface area contributed by atoms with Crippen molar-refractivity contribution in [3.8, 4) is 0 Å². The third kappa shape index (κ3) is 3.56. The van der Waals surface area contributed by atoms with Crippen LogP contribution in [0.4, 0.5) is 0 Å². The third-order valence-electron chi connectivity index (χ3n) is 2.98. The molecule has 1 N–H and O–H groups in total. The van der Waals surface area contributed by atoms with Gasteiger partial charge in [0.25, 0.3) is 0 Å². The van der Waals surface area contributed by atoms with E-state index in [0.717, 1.165) is 25.9 Å². The highest BCUT2D eigenvalue weighted by Crippen LogP contribution is 2.24. The van der Waals surface area contributed by atoms with Gasteiger partial charge in [-0.1, -0.05) is 0 Å². The molecule has 0 aromatic heterocycles. The van der Waals surface area contributed by atoms with Crippen molar-refractivity contribution in [1.82, 2.24) is 5.32 Å². The van der Waals surface area contributed by atoms with Gasteiger partial charge in [0.05, 0.1) is 17.8 Å². The third-order valence-corrected chi connectivity index (χ3v) is 2.98. The summed E-state index contributed by atoms with van der Waals surface area (Å²) in [6, 6.07) is 0. The fourth-order valence-electron chi connectivity index (χ4n) is 1.51. The second-order valence-corrected chi connectivity index (χ2v) is 4.95. The predicted molar refractivity (Wildman–Crippen MR) is 57.5 cm³/mol. The van der Waals surface area contributed by atoms with Crippen LogP contribution in [-0.2, 0) is 9.47 Å². The lowest BCUT2D eigenvalue weighted by molar-refractivity contribution is -0.122. The number of hydrogen-bond donors (Lipinski definition) is 1. The van der Waals surface area contributed by atoms with Crippen LogP contribution in [-0.4, -0.2) is 38.0 Å². The van der Waals surface area contributed by atoms with E-state index >= 15 is 0 Å². The quantitative estimate of drug-likeness (QED) is 0.749. The molecule has 0 unspecified atom stereocenters. The molecule has 0 radical (unpaired) electrons. The zero-order valence-electron chi connectivity index (χ0n) is 9.85. The molecule has 0 saturated carbocycles. The lowest BCUT2D eigenvalue weighted by atomic mass is 9.94. The Kier molecular flexibility index (Phi) is 3.93. The van der Waals surface area contributed by atoms with Gasteiger partial charge in [0.1, 0.15) is 0 Å². The molecule has 84 valence electrons. The van der Waals surface area contributed by atoms with Crippen LogP contribution in [0.2, 0.25) is 0 Å². The normalized spacial score (nSPS) is 22.3. The van der Waals surface area contributed by atoms with Crippen LogP contribution in [0.5, 0.6) is 0 Å². The molecule has 1 fully saturated rings. The summed E-state index contributed by atoms with van der Waals surface area (Å²) in [5.74, 6) is 0. The topological polar surface area (TPSA) is 30.5 Å². The van der Waals surface area contributed by atoms with Crippen molar-refractivity contribution in [2.24, 2.45) is 0 Å². The van der Waals surface area contributed by atoms with Crippen LogP contribution in [0.3, 0.4) is 0 Å². The predicted octanol–water partition coefficient (Wildman–Crippen LogP) is 1.57. The molecule has 0 amide bonds. The molecule has 0 bridgehead atoms. The van der Waals surface area contributed by atoms with E-state index in [2.05, 4.69) is 26.1 Å². The zero-order valence-corrected chi connectivity index (χ0v) is 9.85.